The number of hydrogen-bond acceptors (Lipinski definition) is 12. The maximum Gasteiger partial charge on any atom is 0.490 e. The number of aromatic amines is 1. The highest BCUT2D eigenvalue weighted by molar-refractivity contribution is 7.66. The lowest BCUT2D eigenvalue weighted by Crippen LogP contribution is -2.33. The number of fused-ring (bicyclic) bond motifs is 1. The minimum Gasteiger partial charge on any atom is -0.387 e. The molecule has 0 saturated carbocycles. The van der Waals surface area contributed by atoms with Gasteiger partial charge < -0.3 is 39.5 Å². The second-order valence-electron chi connectivity index (χ2n) is 6.56. The Morgan fingerprint density at radius 2 is 1.68 bits per heavy atom. The third-order valence-electron chi connectivity index (χ3n) is 4.11. The van der Waals surface area contributed by atoms with E-state index in [1.54, 1.807) is 0 Å². The molecular formula is C12H14F2N3O14P3. The molecule has 0 amide bonds. The standard InChI is InChI=1S/C12H14F2N3O14P3/c13-9-10(14)16-11-4(15-9)1-3(12(20)17-11)8-7(19)6(18)5(29-8)2-28-33(24,25)31-34(26,27)30-32(21,22)23/h1,5-8,18-19H,2H2,(H,24,25)(H,26,27)(H,16,17,20)(H2,21,22,23)/t5-,6?,7+,8+/m1/s1. The summed E-state index contributed by atoms with van der Waals surface area (Å²) in [5.74, 6) is -3.49. The maximum absolute atomic E-state index is 13.4. The number of nitrogens with zero attached hydrogens (tertiary/aromatic N) is 2. The van der Waals surface area contributed by atoms with Crippen molar-refractivity contribution in [2.24, 2.45) is 0 Å². The van der Waals surface area contributed by atoms with Gasteiger partial charge in [-0.3, -0.25) is 9.32 Å². The van der Waals surface area contributed by atoms with Gasteiger partial charge in [-0.2, -0.15) is 22.4 Å². The first-order chi connectivity index (χ1) is 15.5. The first kappa shape index (κ1) is 27.0. The van der Waals surface area contributed by atoms with Crippen LogP contribution in [0.5, 0.6) is 0 Å². The number of halogens is 2. The Kier molecular flexibility index (Phi) is 7.54. The minimum absolute atomic E-state index is 0.351. The molecule has 1 fully saturated rings. The fourth-order valence-corrected chi connectivity index (χ4v) is 5.84. The van der Waals surface area contributed by atoms with E-state index in [9.17, 15) is 42.4 Å². The van der Waals surface area contributed by atoms with Gasteiger partial charge in [0.1, 0.15) is 30.1 Å². The molecule has 3 heterocycles. The smallest absolute Gasteiger partial charge is 0.387 e. The van der Waals surface area contributed by atoms with Crippen LogP contribution in [0.4, 0.5) is 8.78 Å². The SMILES string of the molecule is O=c1nc2[nH]c(F)c(F)nc-2cc1[C@@H]1O[C@H](COP(=O)(O)OP(=O)(O)OP(=O)(O)O)C(O)[C@@H]1O. The quantitative estimate of drug-likeness (QED) is 0.194. The highest BCUT2D eigenvalue weighted by Crippen LogP contribution is 2.66. The highest BCUT2D eigenvalue weighted by atomic mass is 31.3. The fraction of sp³-hybridized carbons (Fsp3) is 0.417. The van der Waals surface area contributed by atoms with E-state index in [-0.39, 0.29) is 5.69 Å². The Labute approximate surface area is 185 Å². The number of rotatable bonds is 8. The molecule has 3 rings (SSSR count). The molecule has 0 aliphatic carbocycles. The van der Waals surface area contributed by atoms with Gasteiger partial charge in [-0.05, 0) is 6.07 Å². The Bertz CT molecular complexity index is 1250. The molecule has 0 spiro atoms. The van der Waals surface area contributed by atoms with Crippen LogP contribution in [0.15, 0.2) is 10.9 Å². The summed E-state index contributed by atoms with van der Waals surface area (Å²) in [6, 6.07) is 0.884. The molecule has 0 aromatic carbocycles. The number of aromatic nitrogens is 3. The number of phosphoric acid groups is 3. The Morgan fingerprint density at radius 1 is 1.03 bits per heavy atom. The zero-order valence-corrected chi connectivity index (χ0v) is 18.7. The van der Waals surface area contributed by atoms with Crippen molar-refractivity contribution in [3.05, 3.63) is 33.9 Å². The first-order valence-corrected chi connectivity index (χ1v) is 13.1. The minimum atomic E-state index is -5.79. The van der Waals surface area contributed by atoms with Crippen LogP contribution >= 0.6 is 23.5 Å². The fourth-order valence-electron chi connectivity index (χ4n) is 2.81. The van der Waals surface area contributed by atoms with Gasteiger partial charge in [0.05, 0.1) is 12.2 Å². The van der Waals surface area contributed by atoms with Crippen molar-refractivity contribution in [1.29, 1.82) is 0 Å². The molecule has 1 saturated heterocycles. The molecule has 0 aromatic heterocycles. The number of hydrogen-bond donors (Lipinski definition) is 7. The molecule has 3 aliphatic heterocycles. The topological polar surface area (TPSA) is 268 Å². The van der Waals surface area contributed by atoms with Crippen molar-refractivity contribution in [3.63, 3.8) is 0 Å². The number of pyridine rings is 1. The summed E-state index contributed by atoms with van der Waals surface area (Å²) in [5, 5.41) is 20.3. The lowest BCUT2D eigenvalue weighted by Gasteiger charge is -2.19. The Morgan fingerprint density at radius 3 is 2.29 bits per heavy atom. The molecule has 34 heavy (non-hydrogen) atoms. The second kappa shape index (κ2) is 9.48. The third kappa shape index (κ3) is 6.35. The summed E-state index contributed by atoms with van der Waals surface area (Å²) in [7, 11) is -17.0. The molecule has 0 radical (unpaired) electrons. The summed E-state index contributed by atoms with van der Waals surface area (Å²) in [6.07, 6.45) is -7.11. The van der Waals surface area contributed by atoms with Crippen LogP contribution in [0, 0.1) is 11.9 Å². The average Bonchev–Trinajstić information content (AvgIpc) is 2.93. The van der Waals surface area contributed by atoms with E-state index in [1.165, 1.54) is 0 Å². The number of aliphatic hydroxyl groups excluding tert-OH is 2. The molecule has 0 aromatic rings. The predicted molar refractivity (Wildman–Crippen MR) is 98.6 cm³/mol. The van der Waals surface area contributed by atoms with Crippen molar-refractivity contribution in [1.82, 2.24) is 15.0 Å². The van der Waals surface area contributed by atoms with Crippen LogP contribution in [0.1, 0.15) is 11.7 Å². The molecule has 3 aliphatic rings. The van der Waals surface area contributed by atoms with Crippen LogP contribution in [-0.4, -0.2) is 69.7 Å². The summed E-state index contributed by atoms with van der Waals surface area (Å²) in [4.78, 5) is 56.3. The van der Waals surface area contributed by atoms with Crippen molar-refractivity contribution >= 4 is 23.5 Å². The number of phosphoric ester groups is 1. The third-order valence-corrected chi connectivity index (χ3v) is 7.91. The van der Waals surface area contributed by atoms with Crippen LogP contribution in [0.2, 0.25) is 0 Å². The van der Waals surface area contributed by atoms with Crippen LogP contribution in [0.3, 0.4) is 0 Å². The lowest BCUT2D eigenvalue weighted by atomic mass is 10.0. The van der Waals surface area contributed by atoms with Crippen LogP contribution < -0.4 is 5.56 Å². The van der Waals surface area contributed by atoms with Crippen molar-refractivity contribution in [2.75, 3.05) is 6.61 Å². The number of nitrogens with one attached hydrogen (secondary N) is 1. The maximum atomic E-state index is 13.4. The summed E-state index contributed by atoms with van der Waals surface area (Å²) in [5.41, 5.74) is -1.91. The summed E-state index contributed by atoms with van der Waals surface area (Å²) in [6.45, 7) is -1.13. The van der Waals surface area contributed by atoms with E-state index in [4.69, 9.17) is 19.4 Å². The van der Waals surface area contributed by atoms with E-state index >= 15 is 0 Å². The molecule has 22 heteroatoms. The normalized spacial score (nSPS) is 26.9. The van der Waals surface area contributed by atoms with E-state index in [1.807, 2.05) is 4.98 Å². The first-order valence-electron chi connectivity index (χ1n) is 8.54. The molecule has 3 unspecified atom stereocenters. The van der Waals surface area contributed by atoms with E-state index in [0.717, 1.165) is 6.07 Å². The van der Waals surface area contributed by atoms with E-state index in [2.05, 4.69) is 23.1 Å². The van der Waals surface area contributed by atoms with Crippen molar-refractivity contribution < 1.29 is 70.1 Å². The van der Waals surface area contributed by atoms with E-state index in [0.29, 0.717) is 0 Å². The van der Waals surface area contributed by atoms with Gasteiger partial charge in [0, 0.05) is 0 Å². The largest absolute Gasteiger partial charge is 0.490 e. The van der Waals surface area contributed by atoms with Gasteiger partial charge in [-0.15, -0.1) is 0 Å². The van der Waals surface area contributed by atoms with Gasteiger partial charge in [-0.1, -0.05) is 0 Å². The number of ether oxygens (including phenoxy) is 1. The number of H-pyrrole nitrogens is 1. The monoisotopic (exact) mass is 555 g/mol. The van der Waals surface area contributed by atoms with Crippen LogP contribution in [0.25, 0.3) is 11.5 Å². The molecule has 7 N–H and O–H groups in total. The van der Waals surface area contributed by atoms with E-state index < -0.39 is 83.3 Å². The van der Waals surface area contributed by atoms with Gasteiger partial charge in [-0.25, -0.2) is 18.7 Å². The predicted octanol–water partition coefficient (Wildman–Crippen LogP) is -0.947. The van der Waals surface area contributed by atoms with Gasteiger partial charge in [0.2, 0.25) is 5.95 Å². The molecule has 17 nitrogen and oxygen atoms in total. The summed E-state index contributed by atoms with van der Waals surface area (Å²) < 4.78 is 76.9. The number of aliphatic hydroxyl groups is 2. The highest BCUT2D eigenvalue weighted by Gasteiger charge is 2.47. The molecular weight excluding hydrogens is 541 g/mol. The molecule has 190 valence electrons. The lowest BCUT2D eigenvalue weighted by molar-refractivity contribution is -0.0226. The van der Waals surface area contributed by atoms with Gasteiger partial charge in [0.15, 0.2) is 5.82 Å². The molecule has 0 bridgehead atoms. The Hall–Kier alpha value is -1.56. The van der Waals surface area contributed by atoms with Crippen molar-refractivity contribution in [2.45, 2.75) is 24.4 Å². The second-order valence-corrected chi connectivity index (χ2v) is 11.0. The van der Waals surface area contributed by atoms with Gasteiger partial charge in [0.25, 0.3) is 11.5 Å². The zero-order valence-electron chi connectivity index (χ0n) is 16.0. The molecule has 6 atom stereocenters. The average molecular weight is 555 g/mol. The Balaban J connectivity index is 1.75. The van der Waals surface area contributed by atoms with Crippen molar-refractivity contribution in [3.8, 4) is 11.5 Å². The van der Waals surface area contributed by atoms with Gasteiger partial charge >= 0.3 is 23.5 Å². The zero-order chi connectivity index (χ0) is 25.6. The summed E-state index contributed by atoms with van der Waals surface area (Å²) >= 11 is 0. The van der Waals surface area contributed by atoms with Crippen LogP contribution in [-0.2, 0) is 31.6 Å².